The molecule has 1 aliphatic heterocycles. The number of Topliss-reactive ketones (excluding diaryl/α,β-unsaturated/α-hetero) is 1. The van der Waals surface area contributed by atoms with E-state index in [0.29, 0.717) is 35.2 Å². The topological polar surface area (TPSA) is 64.6 Å². The minimum Gasteiger partial charge on any atom is -0.497 e. The van der Waals surface area contributed by atoms with E-state index in [-0.39, 0.29) is 18.3 Å². The maximum absolute atomic E-state index is 14.1. The van der Waals surface area contributed by atoms with Gasteiger partial charge >= 0.3 is 5.97 Å². The average Bonchev–Trinajstić information content (AvgIpc) is 2.78. The maximum Gasteiger partial charge on any atom is 0.336 e. The standard InChI is InChI=1S/C26H26FNO4/c1-4-32-26(30)23-15(2)28-21-13-18(16-8-10-20(31-3)11-9-16)14-22(29)25(21)24(23)17-6-5-7-19(27)12-17/h5-12,18,24,28H,4,13-14H2,1-3H3/t18-,24-/m1/s1. The number of carbonyl (C=O) groups excluding carboxylic acids is 2. The highest BCUT2D eigenvalue weighted by Gasteiger charge is 2.41. The van der Waals surface area contributed by atoms with Crippen LogP contribution in [0.2, 0.25) is 0 Å². The molecule has 32 heavy (non-hydrogen) atoms. The average molecular weight is 435 g/mol. The lowest BCUT2D eigenvalue weighted by atomic mass is 9.71. The summed E-state index contributed by atoms with van der Waals surface area (Å²) in [4.78, 5) is 26.3. The zero-order valence-electron chi connectivity index (χ0n) is 18.4. The molecule has 1 N–H and O–H groups in total. The summed E-state index contributed by atoms with van der Waals surface area (Å²) >= 11 is 0. The van der Waals surface area contributed by atoms with Crippen LogP contribution in [-0.2, 0) is 14.3 Å². The predicted octanol–water partition coefficient (Wildman–Crippen LogP) is 4.76. The molecule has 0 saturated carbocycles. The highest BCUT2D eigenvalue weighted by atomic mass is 19.1. The summed E-state index contributed by atoms with van der Waals surface area (Å²) in [6.07, 6.45) is 0.931. The van der Waals surface area contributed by atoms with Gasteiger partial charge in [-0.2, -0.15) is 0 Å². The second kappa shape index (κ2) is 8.99. The third kappa shape index (κ3) is 4.05. The minimum absolute atomic E-state index is 0.00441. The Labute approximate surface area is 186 Å². The van der Waals surface area contributed by atoms with Crippen LogP contribution in [0.4, 0.5) is 4.39 Å². The first kappa shape index (κ1) is 21.8. The van der Waals surface area contributed by atoms with Gasteiger partial charge in [0.25, 0.3) is 0 Å². The first-order chi connectivity index (χ1) is 15.4. The van der Waals surface area contributed by atoms with Crippen molar-refractivity contribution in [2.24, 2.45) is 0 Å². The molecule has 2 aromatic carbocycles. The number of dihydropyridines is 1. The molecule has 4 rings (SSSR count). The quantitative estimate of drug-likeness (QED) is 0.686. The molecule has 2 atom stereocenters. The van der Waals surface area contributed by atoms with E-state index in [4.69, 9.17) is 9.47 Å². The largest absolute Gasteiger partial charge is 0.497 e. The lowest BCUT2D eigenvalue weighted by molar-refractivity contribution is -0.138. The molecule has 1 heterocycles. The van der Waals surface area contributed by atoms with E-state index in [1.54, 1.807) is 33.1 Å². The van der Waals surface area contributed by atoms with Crippen LogP contribution in [0.5, 0.6) is 5.75 Å². The van der Waals surface area contributed by atoms with Gasteiger partial charge in [0.15, 0.2) is 5.78 Å². The molecular formula is C26H26FNO4. The maximum atomic E-state index is 14.1. The molecule has 0 radical (unpaired) electrons. The first-order valence-electron chi connectivity index (χ1n) is 10.7. The number of carbonyl (C=O) groups is 2. The Morgan fingerprint density at radius 1 is 1.12 bits per heavy atom. The van der Waals surface area contributed by atoms with Gasteiger partial charge in [-0.15, -0.1) is 0 Å². The summed E-state index contributed by atoms with van der Waals surface area (Å²) in [5, 5.41) is 3.29. The molecule has 0 bridgehead atoms. The monoisotopic (exact) mass is 435 g/mol. The molecule has 2 aromatic rings. The summed E-state index contributed by atoms with van der Waals surface area (Å²) in [5.74, 6) is -0.861. The van der Waals surface area contributed by atoms with Crippen molar-refractivity contribution in [3.8, 4) is 5.75 Å². The lowest BCUT2D eigenvalue weighted by Gasteiger charge is -2.36. The van der Waals surface area contributed by atoms with Crippen LogP contribution in [0.15, 0.2) is 71.1 Å². The smallest absolute Gasteiger partial charge is 0.336 e. The van der Waals surface area contributed by atoms with Gasteiger partial charge in [0.2, 0.25) is 0 Å². The molecular weight excluding hydrogens is 409 g/mol. The van der Waals surface area contributed by atoms with Crippen LogP contribution < -0.4 is 10.1 Å². The van der Waals surface area contributed by atoms with Crippen LogP contribution in [0.1, 0.15) is 49.7 Å². The lowest BCUT2D eigenvalue weighted by Crippen LogP contribution is -2.36. The number of hydrogen-bond donors (Lipinski definition) is 1. The Hall–Kier alpha value is -3.41. The van der Waals surface area contributed by atoms with Crippen molar-refractivity contribution < 1.29 is 23.5 Å². The second-order valence-electron chi connectivity index (χ2n) is 8.07. The summed E-state index contributed by atoms with van der Waals surface area (Å²) in [7, 11) is 1.62. The molecule has 2 aliphatic rings. The third-order valence-electron chi connectivity index (χ3n) is 6.09. The zero-order valence-corrected chi connectivity index (χ0v) is 18.4. The van der Waals surface area contributed by atoms with Crippen LogP contribution >= 0.6 is 0 Å². The fourth-order valence-corrected chi connectivity index (χ4v) is 4.65. The number of methoxy groups -OCH3 is 1. The number of rotatable bonds is 5. The number of ketones is 1. The minimum atomic E-state index is -0.662. The SMILES string of the molecule is CCOC(=O)C1=C(C)NC2=C(C(=O)C[C@H](c3ccc(OC)cc3)C2)[C@@H]1c1cccc(F)c1. The van der Waals surface area contributed by atoms with Crippen LogP contribution in [0.25, 0.3) is 0 Å². The van der Waals surface area contributed by atoms with Gasteiger partial charge < -0.3 is 14.8 Å². The molecule has 0 aromatic heterocycles. The van der Waals surface area contributed by atoms with Gasteiger partial charge in [-0.25, -0.2) is 9.18 Å². The van der Waals surface area contributed by atoms with Gasteiger partial charge in [-0.3, -0.25) is 4.79 Å². The fraction of sp³-hybridized carbons (Fsp3) is 0.308. The summed E-state index contributed by atoms with van der Waals surface area (Å²) in [5.41, 5.74) is 3.90. The van der Waals surface area contributed by atoms with E-state index in [2.05, 4.69) is 5.32 Å². The third-order valence-corrected chi connectivity index (χ3v) is 6.09. The fourth-order valence-electron chi connectivity index (χ4n) is 4.65. The van der Waals surface area contributed by atoms with Gasteiger partial charge in [-0.05, 0) is 61.6 Å². The van der Waals surface area contributed by atoms with E-state index in [1.165, 1.54) is 12.1 Å². The van der Waals surface area contributed by atoms with Crippen LogP contribution in [0.3, 0.4) is 0 Å². The van der Waals surface area contributed by atoms with Gasteiger partial charge in [0.05, 0.1) is 19.3 Å². The highest BCUT2D eigenvalue weighted by Crippen LogP contribution is 2.45. The van der Waals surface area contributed by atoms with Crippen molar-refractivity contribution in [1.29, 1.82) is 0 Å². The van der Waals surface area contributed by atoms with E-state index in [0.717, 1.165) is 17.0 Å². The van der Waals surface area contributed by atoms with Gasteiger partial charge in [-0.1, -0.05) is 24.3 Å². The van der Waals surface area contributed by atoms with E-state index >= 15 is 0 Å². The Kier molecular flexibility index (Phi) is 6.12. The summed E-state index contributed by atoms with van der Waals surface area (Å²) < 4.78 is 24.6. The molecule has 166 valence electrons. The van der Waals surface area contributed by atoms with Crippen molar-refractivity contribution in [2.75, 3.05) is 13.7 Å². The Bertz CT molecular complexity index is 1120. The molecule has 0 unspecified atom stereocenters. The Morgan fingerprint density at radius 3 is 2.53 bits per heavy atom. The molecule has 0 fully saturated rings. The van der Waals surface area contributed by atoms with Crippen molar-refractivity contribution >= 4 is 11.8 Å². The van der Waals surface area contributed by atoms with Gasteiger partial charge in [0, 0.05) is 29.3 Å². The molecule has 0 amide bonds. The highest BCUT2D eigenvalue weighted by molar-refractivity contribution is 6.04. The van der Waals surface area contributed by atoms with Crippen molar-refractivity contribution in [3.63, 3.8) is 0 Å². The Morgan fingerprint density at radius 2 is 1.88 bits per heavy atom. The number of ether oxygens (including phenoxy) is 2. The van der Waals surface area contributed by atoms with Crippen LogP contribution in [0, 0.1) is 5.82 Å². The van der Waals surface area contributed by atoms with Crippen molar-refractivity contribution in [2.45, 2.75) is 38.5 Å². The van der Waals surface area contributed by atoms with Gasteiger partial charge in [0.1, 0.15) is 11.6 Å². The van der Waals surface area contributed by atoms with E-state index < -0.39 is 17.7 Å². The molecule has 0 saturated heterocycles. The predicted molar refractivity (Wildman–Crippen MR) is 119 cm³/mol. The molecule has 5 nitrogen and oxygen atoms in total. The van der Waals surface area contributed by atoms with E-state index in [1.807, 2.05) is 24.3 Å². The molecule has 1 aliphatic carbocycles. The van der Waals surface area contributed by atoms with E-state index in [9.17, 15) is 14.0 Å². The number of benzene rings is 2. The molecule has 0 spiro atoms. The number of esters is 1. The zero-order chi connectivity index (χ0) is 22.8. The Balaban J connectivity index is 1.77. The first-order valence-corrected chi connectivity index (χ1v) is 10.7. The second-order valence-corrected chi connectivity index (χ2v) is 8.07. The van der Waals surface area contributed by atoms with Crippen LogP contribution in [-0.4, -0.2) is 25.5 Å². The summed E-state index contributed by atoms with van der Waals surface area (Å²) in [6.45, 7) is 3.74. The molecule has 6 heteroatoms. The van der Waals surface area contributed by atoms with Crippen molar-refractivity contribution in [1.82, 2.24) is 5.32 Å². The normalized spacial score (nSPS) is 20.6. The number of halogens is 1. The number of nitrogens with one attached hydrogen (secondary N) is 1. The number of allylic oxidation sites excluding steroid dienone is 3. The van der Waals surface area contributed by atoms with Crippen molar-refractivity contribution in [3.05, 3.63) is 88.0 Å². The summed E-state index contributed by atoms with van der Waals surface area (Å²) in [6, 6.07) is 13.8. The number of hydrogen-bond acceptors (Lipinski definition) is 5.